The van der Waals surface area contributed by atoms with Crippen LogP contribution >= 0.6 is 0 Å². The molecule has 2 N–H and O–H groups in total. The van der Waals surface area contributed by atoms with Crippen LogP contribution in [0.4, 0.5) is 4.79 Å². The maximum Gasteiger partial charge on any atom is 0.407 e. The standard InChI is InChI=1S/C31H33NO5/c1-36-24-12-10-20(11-13-24)14-21-15-22(17-23(16-21)30(33)34)18-32-31(35)37-19-29-27-8-4-2-6-25(27)26-7-3-5-9-28(26)29/h2-13,21-23,29H,14-19H2,1H3,(H,32,35)(H,33,34)/t21-,22+,23-/m1/s1. The Kier molecular flexibility index (Phi) is 7.45. The molecule has 192 valence electrons. The number of fused-ring (bicyclic) bond motifs is 3. The zero-order chi connectivity index (χ0) is 25.8. The molecule has 0 bridgehead atoms. The van der Waals surface area contributed by atoms with Crippen molar-refractivity contribution in [3.05, 3.63) is 89.5 Å². The first kappa shape index (κ1) is 24.9. The molecule has 0 heterocycles. The third kappa shape index (κ3) is 5.63. The van der Waals surface area contributed by atoms with Crippen LogP contribution in [-0.2, 0) is 16.0 Å². The summed E-state index contributed by atoms with van der Waals surface area (Å²) in [5, 5.41) is 12.6. The van der Waals surface area contributed by atoms with Gasteiger partial charge in [-0.3, -0.25) is 4.79 Å². The third-order valence-electron chi connectivity index (χ3n) is 7.81. The first-order valence-electron chi connectivity index (χ1n) is 13.0. The highest BCUT2D eigenvalue weighted by molar-refractivity contribution is 5.79. The molecule has 0 saturated heterocycles. The van der Waals surface area contributed by atoms with Gasteiger partial charge in [0.2, 0.25) is 0 Å². The molecule has 2 aliphatic rings. The fraction of sp³-hybridized carbons (Fsp3) is 0.355. The fourth-order valence-electron chi connectivity index (χ4n) is 6.07. The normalized spacial score (nSPS) is 20.5. The van der Waals surface area contributed by atoms with Gasteiger partial charge in [-0.25, -0.2) is 4.79 Å². The summed E-state index contributed by atoms with van der Waals surface area (Å²) in [7, 11) is 1.64. The Hall–Kier alpha value is -3.80. The Morgan fingerprint density at radius 2 is 1.49 bits per heavy atom. The van der Waals surface area contributed by atoms with Crippen molar-refractivity contribution in [1.82, 2.24) is 5.32 Å². The van der Waals surface area contributed by atoms with Gasteiger partial charge < -0.3 is 19.9 Å². The molecule has 0 spiro atoms. The minimum Gasteiger partial charge on any atom is -0.497 e. The van der Waals surface area contributed by atoms with E-state index in [2.05, 4.69) is 29.6 Å². The van der Waals surface area contributed by atoms with Gasteiger partial charge in [0.15, 0.2) is 0 Å². The number of aliphatic carboxylic acids is 1. The van der Waals surface area contributed by atoms with E-state index in [0.29, 0.717) is 19.4 Å². The molecule has 1 fully saturated rings. The van der Waals surface area contributed by atoms with Gasteiger partial charge in [-0.2, -0.15) is 0 Å². The molecule has 0 radical (unpaired) electrons. The zero-order valence-corrected chi connectivity index (χ0v) is 21.1. The summed E-state index contributed by atoms with van der Waals surface area (Å²) in [6.07, 6.45) is 2.46. The minimum absolute atomic E-state index is 0.0121. The lowest BCUT2D eigenvalue weighted by Crippen LogP contribution is -2.37. The van der Waals surface area contributed by atoms with E-state index < -0.39 is 18.0 Å². The molecular formula is C31H33NO5. The molecule has 6 heteroatoms. The summed E-state index contributed by atoms with van der Waals surface area (Å²) in [6.45, 7) is 0.682. The third-order valence-corrected chi connectivity index (χ3v) is 7.81. The van der Waals surface area contributed by atoms with Gasteiger partial charge in [0, 0.05) is 12.5 Å². The molecule has 3 aromatic carbocycles. The number of rotatable bonds is 8. The predicted molar refractivity (Wildman–Crippen MR) is 142 cm³/mol. The Bertz CT molecular complexity index is 1210. The average molecular weight is 500 g/mol. The number of carbonyl (C=O) groups excluding carboxylic acids is 1. The quantitative estimate of drug-likeness (QED) is 0.404. The van der Waals surface area contributed by atoms with Gasteiger partial charge in [0.25, 0.3) is 0 Å². The number of amides is 1. The predicted octanol–water partition coefficient (Wildman–Crippen LogP) is 5.89. The Labute approximate surface area is 217 Å². The van der Waals surface area contributed by atoms with E-state index in [-0.39, 0.29) is 24.4 Å². The first-order valence-corrected chi connectivity index (χ1v) is 13.0. The fourth-order valence-corrected chi connectivity index (χ4v) is 6.07. The van der Waals surface area contributed by atoms with Crippen LogP contribution in [0.2, 0.25) is 0 Å². The second-order valence-electron chi connectivity index (χ2n) is 10.2. The summed E-state index contributed by atoms with van der Waals surface area (Å²) in [6, 6.07) is 24.4. The van der Waals surface area contributed by atoms with E-state index in [1.165, 1.54) is 27.8 Å². The second-order valence-corrected chi connectivity index (χ2v) is 10.2. The van der Waals surface area contributed by atoms with E-state index in [9.17, 15) is 14.7 Å². The summed E-state index contributed by atoms with van der Waals surface area (Å²) in [4.78, 5) is 24.5. The highest BCUT2D eigenvalue weighted by atomic mass is 16.5. The number of carboxylic acid groups (broad SMARTS) is 1. The van der Waals surface area contributed by atoms with Gasteiger partial charge in [-0.05, 0) is 77.5 Å². The summed E-state index contributed by atoms with van der Waals surface area (Å²) in [5.74, 6) is 0.00657. The maximum absolute atomic E-state index is 12.7. The van der Waals surface area contributed by atoms with Crippen LogP contribution in [-0.4, -0.2) is 37.4 Å². The molecule has 0 aliphatic heterocycles. The van der Waals surface area contributed by atoms with Gasteiger partial charge in [0.05, 0.1) is 13.0 Å². The van der Waals surface area contributed by atoms with Crippen molar-refractivity contribution in [1.29, 1.82) is 0 Å². The van der Waals surface area contributed by atoms with Gasteiger partial charge in [-0.1, -0.05) is 60.7 Å². The summed E-state index contributed by atoms with van der Waals surface area (Å²) >= 11 is 0. The van der Waals surface area contributed by atoms with Crippen LogP contribution in [0.5, 0.6) is 5.75 Å². The monoisotopic (exact) mass is 499 g/mol. The van der Waals surface area contributed by atoms with Crippen molar-refractivity contribution >= 4 is 12.1 Å². The molecule has 0 aromatic heterocycles. The van der Waals surface area contributed by atoms with Crippen molar-refractivity contribution in [3.8, 4) is 16.9 Å². The summed E-state index contributed by atoms with van der Waals surface area (Å²) in [5.41, 5.74) is 5.90. The van der Waals surface area contributed by atoms with Crippen molar-refractivity contribution < 1.29 is 24.2 Å². The van der Waals surface area contributed by atoms with Crippen molar-refractivity contribution in [2.24, 2.45) is 17.8 Å². The Morgan fingerprint density at radius 1 is 0.865 bits per heavy atom. The van der Waals surface area contributed by atoms with Crippen LogP contribution in [0.1, 0.15) is 41.9 Å². The molecule has 0 unspecified atom stereocenters. The SMILES string of the molecule is COc1ccc(C[C@@H]2C[C@H](CNC(=O)OCC3c4ccccc4-c4ccccc43)C[C@H](C(=O)O)C2)cc1. The number of nitrogens with one attached hydrogen (secondary N) is 1. The van der Waals surface area contributed by atoms with Crippen LogP contribution in [0.25, 0.3) is 11.1 Å². The molecule has 1 amide bonds. The van der Waals surface area contributed by atoms with Crippen LogP contribution in [0.3, 0.4) is 0 Å². The van der Waals surface area contributed by atoms with E-state index in [1.54, 1.807) is 7.11 Å². The number of hydrogen-bond donors (Lipinski definition) is 2. The van der Waals surface area contributed by atoms with Crippen LogP contribution in [0.15, 0.2) is 72.8 Å². The van der Waals surface area contributed by atoms with E-state index in [1.807, 2.05) is 48.5 Å². The van der Waals surface area contributed by atoms with E-state index in [4.69, 9.17) is 9.47 Å². The molecule has 3 aromatic rings. The number of benzene rings is 3. The number of ether oxygens (including phenoxy) is 2. The Morgan fingerprint density at radius 3 is 2.11 bits per heavy atom. The highest BCUT2D eigenvalue weighted by Crippen LogP contribution is 2.44. The lowest BCUT2D eigenvalue weighted by molar-refractivity contribution is -0.144. The lowest BCUT2D eigenvalue weighted by Gasteiger charge is -2.33. The van der Waals surface area contributed by atoms with Crippen molar-refractivity contribution in [2.75, 3.05) is 20.3 Å². The molecule has 1 saturated carbocycles. The Balaban J connectivity index is 1.17. The van der Waals surface area contributed by atoms with E-state index in [0.717, 1.165) is 18.6 Å². The number of alkyl carbamates (subject to hydrolysis) is 1. The molecule has 2 aliphatic carbocycles. The minimum atomic E-state index is -0.759. The average Bonchev–Trinajstić information content (AvgIpc) is 3.24. The first-order chi connectivity index (χ1) is 18.0. The van der Waals surface area contributed by atoms with Crippen LogP contribution in [0, 0.1) is 17.8 Å². The molecular weight excluding hydrogens is 466 g/mol. The molecule has 37 heavy (non-hydrogen) atoms. The van der Waals surface area contributed by atoms with Gasteiger partial charge in [-0.15, -0.1) is 0 Å². The van der Waals surface area contributed by atoms with Crippen molar-refractivity contribution in [3.63, 3.8) is 0 Å². The number of carbonyl (C=O) groups is 2. The topological polar surface area (TPSA) is 84.9 Å². The van der Waals surface area contributed by atoms with Gasteiger partial charge >= 0.3 is 12.1 Å². The lowest BCUT2D eigenvalue weighted by atomic mass is 9.73. The number of hydrogen-bond acceptors (Lipinski definition) is 4. The maximum atomic E-state index is 12.7. The van der Waals surface area contributed by atoms with Crippen molar-refractivity contribution in [2.45, 2.75) is 31.6 Å². The number of carboxylic acids is 1. The molecule has 5 rings (SSSR count). The zero-order valence-electron chi connectivity index (χ0n) is 21.1. The molecule has 3 atom stereocenters. The second kappa shape index (κ2) is 11.1. The largest absolute Gasteiger partial charge is 0.497 e. The highest BCUT2D eigenvalue weighted by Gasteiger charge is 2.33. The summed E-state index contributed by atoms with van der Waals surface area (Å²) < 4.78 is 10.9. The molecule has 6 nitrogen and oxygen atoms in total. The van der Waals surface area contributed by atoms with Gasteiger partial charge in [0.1, 0.15) is 12.4 Å². The van der Waals surface area contributed by atoms with Crippen LogP contribution < -0.4 is 10.1 Å². The number of methoxy groups -OCH3 is 1. The van der Waals surface area contributed by atoms with E-state index >= 15 is 0 Å². The smallest absolute Gasteiger partial charge is 0.407 e.